The first-order chi connectivity index (χ1) is 15.1. The normalized spacial score (nSPS) is 21.8. The van der Waals surface area contributed by atoms with Crippen LogP contribution in [0.4, 0.5) is 4.79 Å². The predicted molar refractivity (Wildman–Crippen MR) is 126 cm³/mol. The van der Waals surface area contributed by atoms with Crippen molar-refractivity contribution in [3.05, 3.63) is 28.2 Å². The third-order valence-corrected chi connectivity index (χ3v) is 6.77. The van der Waals surface area contributed by atoms with Crippen LogP contribution in [0.2, 0.25) is 0 Å². The van der Waals surface area contributed by atoms with E-state index >= 15 is 0 Å². The number of carbonyl (C=O) groups is 2. The molecule has 3 rings (SSSR count). The van der Waals surface area contributed by atoms with E-state index in [4.69, 9.17) is 14.2 Å². The van der Waals surface area contributed by atoms with E-state index in [0.29, 0.717) is 17.5 Å². The van der Waals surface area contributed by atoms with Crippen molar-refractivity contribution in [1.29, 1.82) is 0 Å². The monoisotopic (exact) mass is 510 g/mol. The maximum Gasteiger partial charge on any atom is 0.410 e. The van der Waals surface area contributed by atoms with Gasteiger partial charge in [0.15, 0.2) is 0 Å². The summed E-state index contributed by atoms with van der Waals surface area (Å²) < 4.78 is 17.1. The molecule has 1 saturated heterocycles. The Bertz CT molecular complexity index is 811. The van der Waals surface area contributed by atoms with Gasteiger partial charge in [-0.1, -0.05) is 0 Å². The molecule has 1 aromatic carbocycles. The Kier molecular flexibility index (Phi) is 8.09. The van der Waals surface area contributed by atoms with Crippen molar-refractivity contribution in [2.45, 2.75) is 64.2 Å². The Morgan fingerprint density at radius 1 is 1.19 bits per heavy atom. The van der Waals surface area contributed by atoms with Crippen LogP contribution >= 0.6 is 15.9 Å². The van der Waals surface area contributed by atoms with Crippen molar-refractivity contribution < 1.29 is 23.8 Å². The molecule has 0 spiro atoms. The van der Waals surface area contributed by atoms with E-state index in [9.17, 15) is 9.59 Å². The van der Waals surface area contributed by atoms with E-state index in [1.165, 1.54) is 7.11 Å². The number of carbonyl (C=O) groups excluding carboxylic acids is 2. The summed E-state index contributed by atoms with van der Waals surface area (Å²) in [6.07, 6.45) is 3.97. The minimum Gasteiger partial charge on any atom is -0.489 e. The SMILES string of the molecule is COC(=O)c1ccc(O[C@H]2C[C@H](N(C)CC3CCN(C(=O)OC(C)(C)C)CC3)C2)c(Br)c1. The number of nitrogens with zero attached hydrogens (tertiary/aromatic N) is 2. The van der Waals surface area contributed by atoms with Crippen molar-refractivity contribution in [1.82, 2.24) is 9.80 Å². The van der Waals surface area contributed by atoms with Crippen molar-refractivity contribution >= 4 is 28.0 Å². The number of methoxy groups -OCH3 is 1. The Morgan fingerprint density at radius 2 is 1.84 bits per heavy atom. The molecule has 1 heterocycles. The molecule has 178 valence electrons. The van der Waals surface area contributed by atoms with Gasteiger partial charge in [0, 0.05) is 38.5 Å². The highest BCUT2D eigenvalue weighted by Gasteiger charge is 2.35. The molecule has 1 amide bonds. The number of rotatable bonds is 6. The summed E-state index contributed by atoms with van der Waals surface area (Å²) in [6, 6.07) is 5.77. The molecule has 0 bridgehead atoms. The first-order valence-corrected chi connectivity index (χ1v) is 12.1. The fraction of sp³-hybridized carbons (Fsp3) is 0.667. The van der Waals surface area contributed by atoms with Gasteiger partial charge in [0.1, 0.15) is 17.5 Å². The second-order valence-corrected chi connectivity index (χ2v) is 10.7. The maximum absolute atomic E-state index is 12.2. The molecular weight excluding hydrogens is 476 g/mol. The van der Waals surface area contributed by atoms with Crippen molar-refractivity contribution in [3.8, 4) is 5.75 Å². The lowest BCUT2D eigenvalue weighted by Crippen LogP contribution is -2.50. The smallest absolute Gasteiger partial charge is 0.410 e. The Hall–Kier alpha value is -1.80. The minimum atomic E-state index is -0.448. The fourth-order valence-electron chi connectivity index (χ4n) is 4.20. The number of amides is 1. The number of likely N-dealkylation sites (tertiary alicyclic amines) is 1. The molecule has 7 nitrogen and oxygen atoms in total. The second kappa shape index (κ2) is 10.4. The van der Waals surface area contributed by atoms with Crippen LogP contribution in [-0.2, 0) is 9.47 Å². The standard InChI is InChI=1S/C24H35BrN2O5/c1-24(2,3)32-23(29)27-10-8-16(9-11-27)15-26(4)18-13-19(14-18)31-21-7-6-17(12-20(21)25)22(28)30-5/h6-7,12,16,18-19H,8-11,13-15H2,1-5H3/t18-,19-. The van der Waals surface area contributed by atoms with Crippen LogP contribution in [0.3, 0.4) is 0 Å². The highest BCUT2D eigenvalue weighted by atomic mass is 79.9. The molecule has 0 atom stereocenters. The summed E-state index contributed by atoms with van der Waals surface area (Å²) in [5.41, 5.74) is 0.0475. The van der Waals surface area contributed by atoms with E-state index in [1.54, 1.807) is 12.1 Å². The van der Waals surface area contributed by atoms with Crippen LogP contribution in [0.15, 0.2) is 22.7 Å². The van der Waals surface area contributed by atoms with Crippen LogP contribution in [0.25, 0.3) is 0 Å². The summed E-state index contributed by atoms with van der Waals surface area (Å²) in [6.45, 7) is 8.27. The third-order valence-electron chi connectivity index (χ3n) is 6.15. The van der Waals surface area contributed by atoms with E-state index < -0.39 is 5.60 Å². The van der Waals surface area contributed by atoms with E-state index in [1.807, 2.05) is 31.7 Å². The number of benzene rings is 1. The summed E-state index contributed by atoms with van der Waals surface area (Å²) >= 11 is 3.49. The van der Waals surface area contributed by atoms with E-state index in [2.05, 4.69) is 27.9 Å². The number of halogens is 1. The lowest BCUT2D eigenvalue weighted by molar-refractivity contribution is 0.00648. The average molecular weight is 511 g/mol. The second-order valence-electron chi connectivity index (χ2n) is 9.85. The number of piperidine rings is 1. The summed E-state index contributed by atoms with van der Waals surface area (Å²) in [5.74, 6) is 0.983. The highest BCUT2D eigenvalue weighted by Crippen LogP contribution is 2.34. The quantitative estimate of drug-likeness (QED) is 0.515. The molecule has 8 heteroatoms. The predicted octanol–water partition coefficient (Wildman–Crippen LogP) is 4.72. The van der Waals surface area contributed by atoms with Crippen molar-refractivity contribution in [2.24, 2.45) is 5.92 Å². The van der Waals surface area contributed by atoms with Crippen LogP contribution in [-0.4, -0.2) is 73.4 Å². The van der Waals surface area contributed by atoms with Gasteiger partial charge < -0.3 is 24.0 Å². The van der Waals surface area contributed by atoms with Gasteiger partial charge in [-0.3, -0.25) is 0 Å². The lowest BCUT2D eigenvalue weighted by Gasteiger charge is -2.43. The molecule has 0 aromatic heterocycles. The zero-order valence-electron chi connectivity index (χ0n) is 19.7. The molecule has 0 radical (unpaired) electrons. The van der Waals surface area contributed by atoms with Gasteiger partial charge in [0.25, 0.3) is 0 Å². The largest absolute Gasteiger partial charge is 0.489 e. The van der Waals surface area contributed by atoms with Gasteiger partial charge in [-0.15, -0.1) is 0 Å². The molecule has 1 aliphatic heterocycles. The fourth-order valence-corrected chi connectivity index (χ4v) is 4.67. The molecule has 0 unspecified atom stereocenters. The van der Waals surface area contributed by atoms with Crippen molar-refractivity contribution in [3.63, 3.8) is 0 Å². The van der Waals surface area contributed by atoms with Gasteiger partial charge in [0.2, 0.25) is 0 Å². The number of ether oxygens (including phenoxy) is 3. The number of hydrogen-bond donors (Lipinski definition) is 0. The molecule has 0 N–H and O–H groups in total. The topological polar surface area (TPSA) is 68.3 Å². The zero-order valence-corrected chi connectivity index (χ0v) is 21.3. The van der Waals surface area contributed by atoms with Gasteiger partial charge in [-0.2, -0.15) is 0 Å². The average Bonchev–Trinajstić information content (AvgIpc) is 2.69. The Labute approximate surface area is 199 Å². The van der Waals surface area contributed by atoms with Gasteiger partial charge in [0.05, 0.1) is 17.1 Å². The molecule has 1 aromatic rings. The van der Waals surface area contributed by atoms with Crippen molar-refractivity contribution in [2.75, 3.05) is 33.8 Å². The molecule has 2 aliphatic rings. The number of esters is 1. The van der Waals surface area contributed by atoms with Gasteiger partial charge in [-0.05, 0) is 80.7 Å². The third kappa shape index (κ3) is 6.61. The first-order valence-electron chi connectivity index (χ1n) is 11.3. The summed E-state index contributed by atoms with van der Waals surface area (Å²) in [5, 5.41) is 0. The molecule has 1 saturated carbocycles. The first kappa shape index (κ1) is 24.8. The van der Waals surface area contributed by atoms with Crippen LogP contribution < -0.4 is 4.74 Å². The van der Waals surface area contributed by atoms with Gasteiger partial charge in [-0.25, -0.2) is 9.59 Å². The van der Waals surface area contributed by atoms with E-state index in [0.717, 1.165) is 55.5 Å². The van der Waals surface area contributed by atoms with Crippen LogP contribution in [0.1, 0.15) is 56.8 Å². The Morgan fingerprint density at radius 3 is 2.41 bits per heavy atom. The molecule has 2 fully saturated rings. The highest BCUT2D eigenvalue weighted by molar-refractivity contribution is 9.10. The van der Waals surface area contributed by atoms with E-state index in [-0.39, 0.29) is 18.2 Å². The van der Waals surface area contributed by atoms with Crippen LogP contribution in [0, 0.1) is 5.92 Å². The van der Waals surface area contributed by atoms with Gasteiger partial charge >= 0.3 is 12.1 Å². The minimum absolute atomic E-state index is 0.178. The lowest BCUT2D eigenvalue weighted by atomic mass is 9.86. The number of hydrogen-bond acceptors (Lipinski definition) is 6. The summed E-state index contributed by atoms with van der Waals surface area (Å²) in [4.78, 5) is 28.1. The molecule has 32 heavy (non-hydrogen) atoms. The molecular formula is C24H35BrN2O5. The molecule has 1 aliphatic carbocycles. The zero-order chi connectivity index (χ0) is 23.5. The van der Waals surface area contributed by atoms with Crippen LogP contribution in [0.5, 0.6) is 5.75 Å². The maximum atomic E-state index is 12.2. The summed E-state index contributed by atoms with van der Waals surface area (Å²) in [7, 11) is 3.55. The Balaban J connectivity index is 1.39.